The van der Waals surface area contributed by atoms with Gasteiger partial charge in [-0.25, -0.2) is 4.98 Å². The Morgan fingerprint density at radius 2 is 1.65 bits per heavy atom. The lowest BCUT2D eigenvalue weighted by molar-refractivity contribution is 0.101. The largest absolute Gasteiger partial charge is 0.481 e. The van der Waals surface area contributed by atoms with Crippen LogP contribution in [-0.2, 0) is 0 Å². The molecule has 0 unspecified atom stereocenters. The molecule has 0 fully saturated rings. The van der Waals surface area contributed by atoms with E-state index >= 15 is 0 Å². The second kappa shape index (κ2) is 7.89. The van der Waals surface area contributed by atoms with E-state index in [4.69, 9.17) is 4.74 Å². The fraction of sp³-hybridized carbons (Fsp3) is 0.0526. The van der Waals surface area contributed by atoms with E-state index in [0.29, 0.717) is 28.4 Å². The van der Waals surface area contributed by atoms with Crippen molar-refractivity contribution in [3.05, 3.63) is 78.2 Å². The van der Waals surface area contributed by atoms with Crippen LogP contribution in [0.15, 0.2) is 67.1 Å². The van der Waals surface area contributed by atoms with Crippen molar-refractivity contribution in [2.75, 3.05) is 17.7 Å². The van der Waals surface area contributed by atoms with Crippen LogP contribution in [0.1, 0.15) is 20.7 Å². The number of aromatic nitrogens is 2. The number of carbonyl (C=O) groups is 2. The van der Waals surface area contributed by atoms with Gasteiger partial charge in [0, 0.05) is 29.7 Å². The molecule has 2 aromatic heterocycles. The summed E-state index contributed by atoms with van der Waals surface area (Å²) in [4.78, 5) is 32.5. The lowest BCUT2D eigenvalue weighted by Gasteiger charge is -2.08. The standard InChI is InChI=1S/C19H16N4O3/c1-26-17-8-7-16(12-21-17)23-18(24)13-4-2-6-15(10-13)22-19(25)14-5-3-9-20-11-14/h2-12H,1H3,(H,22,25)(H,23,24). The van der Waals surface area contributed by atoms with Crippen molar-refractivity contribution in [1.29, 1.82) is 0 Å². The maximum atomic E-state index is 12.4. The van der Waals surface area contributed by atoms with Gasteiger partial charge in [0.2, 0.25) is 5.88 Å². The number of carbonyl (C=O) groups excluding carboxylic acids is 2. The number of nitrogens with zero attached hydrogens (tertiary/aromatic N) is 2. The molecule has 0 radical (unpaired) electrons. The van der Waals surface area contributed by atoms with Gasteiger partial charge in [0.1, 0.15) is 0 Å². The highest BCUT2D eigenvalue weighted by atomic mass is 16.5. The summed E-state index contributed by atoms with van der Waals surface area (Å²) in [7, 11) is 1.52. The van der Waals surface area contributed by atoms with Crippen LogP contribution in [-0.4, -0.2) is 28.9 Å². The molecule has 0 bridgehead atoms. The van der Waals surface area contributed by atoms with Crippen LogP contribution in [0.4, 0.5) is 11.4 Å². The zero-order chi connectivity index (χ0) is 18.4. The summed E-state index contributed by atoms with van der Waals surface area (Å²) in [6.45, 7) is 0. The number of rotatable bonds is 5. The fourth-order valence-electron chi connectivity index (χ4n) is 2.22. The molecule has 7 heteroatoms. The SMILES string of the molecule is COc1ccc(NC(=O)c2cccc(NC(=O)c3cccnc3)c2)cn1. The molecule has 0 aliphatic rings. The summed E-state index contributed by atoms with van der Waals surface area (Å²) in [6, 6.07) is 13.3. The molecule has 7 nitrogen and oxygen atoms in total. The third-order valence-electron chi connectivity index (χ3n) is 3.51. The predicted octanol–water partition coefficient (Wildman–Crippen LogP) is 2.99. The van der Waals surface area contributed by atoms with Crippen LogP contribution in [0.25, 0.3) is 0 Å². The minimum absolute atomic E-state index is 0.296. The van der Waals surface area contributed by atoms with Crippen LogP contribution in [0.2, 0.25) is 0 Å². The summed E-state index contributed by atoms with van der Waals surface area (Å²) in [5.41, 5.74) is 1.90. The maximum absolute atomic E-state index is 12.4. The van der Waals surface area contributed by atoms with Crippen molar-refractivity contribution in [3.8, 4) is 5.88 Å². The zero-order valence-electron chi connectivity index (χ0n) is 14.0. The minimum atomic E-state index is -0.311. The second-order valence-electron chi connectivity index (χ2n) is 5.32. The number of nitrogens with one attached hydrogen (secondary N) is 2. The quantitative estimate of drug-likeness (QED) is 0.739. The predicted molar refractivity (Wildman–Crippen MR) is 97.4 cm³/mol. The highest BCUT2D eigenvalue weighted by molar-refractivity contribution is 6.07. The molecule has 130 valence electrons. The number of ether oxygens (including phenoxy) is 1. The topological polar surface area (TPSA) is 93.2 Å². The van der Waals surface area contributed by atoms with Crippen molar-refractivity contribution in [1.82, 2.24) is 9.97 Å². The van der Waals surface area contributed by atoms with E-state index in [-0.39, 0.29) is 11.8 Å². The third kappa shape index (κ3) is 4.21. The molecule has 3 rings (SSSR count). The van der Waals surface area contributed by atoms with E-state index in [1.165, 1.54) is 19.5 Å². The molecule has 2 amide bonds. The molecular weight excluding hydrogens is 332 g/mol. The van der Waals surface area contributed by atoms with Gasteiger partial charge >= 0.3 is 0 Å². The summed E-state index contributed by atoms with van der Waals surface area (Å²) in [5, 5.41) is 5.49. The molecule has 2 N–H and O–H groups in total. The van der Waals surface area contributed by atoms with Crippen LogP contribution in [0, 0.1) is 0 Å². The highest BCUT2D eigenvalue weighted by Crippen LogP contribution is 2.15. The molecule has 2 heterocycles. The second-order valence-corrected chi connectivity index (χ2v) is 5.32. The highest BCUT2D eigenvalue weighted by Gasteiger charge is 2.10. The van der Waals surface area contributed by atoms with Gasteiger partial charge in [-0.05, 0) is 36.4 Å². The first-order valence-electron chi connectivity index (χ1n) is 7.78. The van der Waals surface area contributed by atoms with E-state index in [1.54, 1.807) is 54.7 Å². The Bertz CT molecular complexity index is 912. The number of pyridine rings is 2. The normalized spacial score (nSPS) is 10.0. The first-order valence-corrected chi connectivity index (χ1v) is 7.78. The first-order chi connectivity index (χ1) is 12.7. The van der Waals surface area contributed by atoms with Gasteiger partial charge in [0.05, 0.1) is 24.6 Å². The van der Waals surface area contributed by atoms with Crippen LogP contribution in [0.3, 0.4) is 0 Å². The number of methoxy groups -OCH3 is 1. The average molecular weight is 348 g/mol. The van der Waals surface area contributed by atoms with Crippen LogP contribution in [0.5, 0.6) is 5.88 Å². The van der Waals surface area contributed by atoms with Crippen LogP contribution < -0.4 is 15.4 Å². The number of anilines is 2. The van der Waals surface area contributed by atoms with Crippen molar-refractivity contribution < 1.29 is 14.3 Å². The number of hydrogen-bond donors (Lipinski definition) is 2. The van der Waals surface area contributed by atoms with Gasteiger partial charge in [-0.1, -0.05) is 6.07 Å². The molecule has 0 saturated heterocycles. The van der Waals surface area contributed by atoms with Crippen molar-refractivity contribution in [2.45, 2.75) is 0 Å². The lowest BCUT2D eigenvalue weighted by Crippen LogP contribution is -2.14. The Hall–Kier alpha value is -3.74. The summed E-state index contributed by atoms with van der Waals surface area (Å²) >= 11 is 0. The van der Waals surface area contributed by atoms with E-state index in [9.17, 15) is 9.59 Å². The Balaban J connectivity index is 1.69. The van der Waals surface area contributed by atoms with Gasteiger partial charge in [0.25, 0.3) is 11.8 Å². The Morgan fingerprint density at radius 3 is 2.35 bits per heavy atom. The molecule has 0 aliphatic heterocycles. The molecule has 0 spiro atoms. The van der Waals surface area contributed by atoms with Gasteiger partial charge in [-0.15, -0.1) is 0 Å². The summed E-state index contributed by atoms with van der Waals surface area (Å²) in [5.74, 6) is -0.146. The van der Waals surface area contributed by atoms with E-state index in [0.717, 1.165) is 0 Å². The monoisotopic (exact) mass is 348 g/mol. The van der Waals surface area contributed by atoms with Gasteiger partial charge in [-0.2, -0.15) is 0 Å². The third-order valence-corrected chi connectivity index (χ3v) is 3.51. The number of hydrogen-bond acceptors (Lipinski definition) is 5. The summed E-state index contributed by atoms with van der Waals surface area (Å²) < 4.78 is 4.98. The fourth-order valence-corrected chi connectivity index (χ4v) is 2.22. The Labute approximate surface area is 150 Å². The van der Waals surface area contributed by atoms with Crippen LogP contribution >= 0.6 is 0 Å². The van der Waals surface area contributed by atoms with Gasteiger partial charge in [0.15, 0.2) is 0 Å². The molecule has 1 aromatic carbocycles. The Morgan fingerprint density at radius 1 is 0.885 bits per heavy atom. The number of benzene rings is 1. The molecular formula is C19H16N4O3. The molecule has 0 saturated carbocycles. The minimum Gasteiger partial charge on any atom is -0.481 e. The van der Waals surface area contributed by atoms with Crippen molar-refractivity contribution >= 4 is 23.2 Å². The van der Waals surface area contributed by atoms with Gasteiger partial charge < -0.3 is 15.4 Å². The van der Waals surface area contributed by atoms with E-state index in [2.05, 4.69) is 20.6 Å². The molecule has 0 aliphatic carbocycles. The number of amides is 2. The molecule has 0 atom stereocenters. The molecule has 3 aromatic rings. The van der Waals surface area contributed by atoms with Crippen molar-refractivity contribution in [3.63, 3.8) is 0 Å². The molecule has 26 heavy (non-hydrogen) atoms. The average Bonchev–Trinajstić information content (AvgIpc) is 2.69. The summed E-state index contributed by atoms with van der Waals surface area (Å²) in [6.07, 6.45) is 4.57. The van der Waals surface area contributed by atoms with E-state index in [1.807, 2.05) is 0 Å². The maximum Gasteiger partial charge on any atom is 0.257 e. The Kier molecular flexibility index (Phi) is 5.19. The first kappa shape index (κ1) is 17.1. The van der Waals surface area contributed by atoms with Crippen molar-refractivity contribution in [2.24, 2.45) is 0 Å². The lowest BCUT2D eigenvalue weighted by atomic mass is 10.1. The van der Waals surface area contributed by atoms with Gasteiger partial charge in [-0.3, -0.25) is 14.6 Å². The zero-order valence-corrected chi connectivity index (χ0v) is 14.0. The smallest absolute Gasteiger partial charge is 0.257 e. The van der Waals surface area contributed by atoms with E-state index < -0.39 is 0 Å².